The van der Waals surface area contributed by atoms with E-state index in [4.69, 9.17) is 10.7 Å². The van der Waals surface area contributed by atoms with E-state index >= 15 is 0 Å². The minimum Gasteiger partial charge on any atom is -0.369 e. The Morgan fingerprint density at radius 3 is 3.00 bits per heavy atom. The number of aryl methyl sites for hydroxylation is 3. The van der Waals surface area contributed by atoms with Gasteiger partial charge in [0.05, 0.1) is 11.3 Å². The van der Waals surface area contributed by atoms with E-state index in [-0.39, 0.29) is 11.8 Å². The molecule has 1 fully saturated rings. The number of amides is 1. The van der Waals surface area contributed by atoms with Gasteiger partial charge in [0, 0.05) is 18.0 Å². The molecule has 116 valence electrons. The number of anilines is 1. The van der Waals surface area contributed by atoms with E-state index in [2.05, 4.69) is 9.88 Å². The molecular weight excluding hydrogens is 296 g/mol. The summed E-state index contributed by atoms with van der Waals surface area (Å²) in [6, 6.07) is 0. The number of carbonyl (C=O) groups is 1. The van der Waals surface area contributed by atoms with E-state index in [0.29, 0.717) is 6.54 Å². The summed E-state index contributed by atoms with van der Waals surface area (Å²) in [5, 5.41) is 1.23. The first-order valence-corrected chi connectivity index (χ1v) is 8.78. The van der Waals surface area contributed by atoms with Crippen LogP contribution in [0.25, 0.3) is 10.2 Å². The van der Waals surface area contributed by atoms with E-state index in [0.717, 1.165) is 42.3 Å². The number of thiophene rings is 1. The highest BCUT2D eigenvalue weighted by atomic mass is 32.1. The second-order valence-corrected chi connectivity index (χ2v) is 7.40. The van der Waals surface area contributed by atoms with Crippen LogP contribution in [0, 0.1) is 12.8 Å². The molecule has 4 rings (SSSR count). The molecule has 1 aliphatic heterocycles. The van der Waals surface area contributed by atoms with Crippen LogP contribution in [0.4, 0.5) is 5.82 Å². The fraction of sp³-hybridized carbons (Fsp3) is 0.562. The molecule has 5 nitrogen and oxygen atoms in total. The van der Waals surface area contributed by atoms with Crippen LogP contribution in [0.1, 0.15) is 35.5 Å². The number of hydrogen-bond donors (Lipinski definition) is 1. The lowest BCUT2D eigenvalue weighted by molar-refractivity contribution is -0.122. The predicted octanol–water partition coefficient (Wildman–Crippen LogP) is 2.19. The van der Waals surface area contributed by atoms with Crippen LogP contribution in [0.15, 0.2) is 0 Å². The Morgan fingerprint density at radius 2 is 2.18 bits per heavy atom. The molecule has 0 aromatic carbocycles. The van der Waals surface area contributed by atoms with Crippen molar-refractivity contribution in [3.05, 3.63) is 16.3 Å². The average molecular weight is 316 g/mol. The van der Waals surface area contributed by atoms with Crippen molar-refractivity contribution in [1.82, 2.24) is 9.97 Å². The fourth-order valence-corrected chi connectivity index (χ4v) is 5.01. The van der Waals surface area contributed by atoms with Gasteiger partial charge >= 0.3 is 0 Å². The van der Waals surface area contributed by atoms with E-state index in [1.165, 1.54) is 28.7 Å². The van der Waals surface area contributed by atoms with Crippen LogP contribution in [0.5, 0.6) is 0 Å². The lowest BCUT2D eigenvalue weighted by atomic mass is 9.97. The molecule has 0 spiro atoms. The molecule has 2 aromatic heterocycles. The summed E-state index contributed by atoms with van der Waals surface area (Å²) in [5.74, 6) is 1.57. The number of fused-ring (bicyclic) bond motifs is 3. The smallest absolute Gasteiger partial charge is 0.222 e. The average Bonchev–Trinajstić information content (AvgIpc) is 3.06. The Morgan fingerprint density at radius 1 is 1.32 bits per heavy atom. The Hall–Kier alpha value is -1.69. The summed E-state index contributed by atoms with van der Waals surface area (Å²) in [7, 11) is 0. The van der Waals surface area contributed by atoms with Crippen molar-refractivity contribution in [2.45, 2.75) is 39.0 Å². The van der Waals surface area contributed by atoms with Crippen molar-refractivity contribution < 1.29 is 4.79 Å². The van der Waals surface area contributed by atoms with Gasteiger partial charge < -0.3 is 10.6 Å². The van der Waals surface area contributed by atoms with Gasteiger partial charge in [0.15, 0.2) is 0 Å². The normalized spacial score (nSPS) is 21.3. The summed E-state index contributed by atoms with van der Waals surface area (Å²) in [6.07, 6.45) is 5.40. The topological polar surface area (TPSA) is 72.1 Å². The van der Waals surface area contributed by atoms with Crippen molar-refractivity contribution in [2.75, 3.05) is 18.0 Å². The Kier molecular flexibility index (Phi) is 3.29. The van der Waals surface area contributed by atoms with Crippen molar-refractivity contribution in [1.29, 1.82) is 0 Å². The van der Waals surface area contributed by atoms with Gasteiger partial charge in [-0.2, -0.15) is 0 Å². The predicted molar refractivity (Wildman–Crippen MR) is 88.3 cm³/mol. The third kappa shape index (κ3) is 2.17. The molecule has 2 aromatic rings. The largest absolute Gasteiger partial charge is 0.369 e. The SMILES string of the molecule is Cc1nc(N2CCC[C@@H](C(N)=O)C2)c2c3c(sc2n1)CCC3. The zero-order valence-electron chi connectivity index (χ0n) is 12.8. The van der Waals surface area contributed by atoms with Gasteiger partial charge in [-0.1, -0.05) is 0 Å². The van der Waals surface area contributed by atoms with Gasteiger partial charge in [0.25, 0.3) is 0 Å². The van der Waals surface area contributed by atoms with Gasteiger partial charge in [0.2, 0.25) is 5.91 Å². The molecule has 0 bridgehead atoms. The number of nitrogens with zero attached hydrogens (tertiary/aromatic N) is 3. The summed E-state index contributed by atoms with van der Waals surface area (Å²) >= 11 is 1.82. The number of aromatic nitrogens is 2. The lowest BCUT2D eigenvalue weighted by Crippen LogP contribution is -2.41. The van der Waals surface area contributed by atoms with Crippen molar-refractivity contribution >= 4 is 33.3 Å². The van der Waals surface area contributed by atoms with Crippen LogP contribution in [0.3, 0.4) is 0 Å². The Labute approximate surface area is 133 Å². The first-order chi connectivity index (χ1) is 10.6. The minimum atomic E-state index is -0.192. The lowest BCUT2D eigenvalue weighted by Gasteiger charge is -2.32. The number of nitrogens with two attached hydrogens (primary N) is 1. The van der Waals surface area contributed by atoms with Gasteiger partial charge in [-0.15, -0.1) is 11.3 Å². The quantitative estimate of drug-likeness (QED) is 0.922. The molecule has 1 atom stereocenters. The first-order valence-electron chi connectivity index (χ1n) is 7.96. The highest BCUT2D eigenvalue weighted by Gasteiger charge is 2.29. The molecule has 2 aliphatic rings. The molecule has 1 amide bonds. The molecule has 1 aliphatic carbocycles. The molecule has 6 heteroatoms. The van der Waals surface area contributed by atoms with Crippen LogP contribution in [-0.4, -0.2) is 29.0 Å². The highest BCUT2D eigenvalue weighted by molar-refractivity contribution is 7.19. The summed E-state index contributed by atoms with van der Waals surface area (Å²) < 4.78 is 0. The molecular formula is C16H20N4OS. The van der Waals surface area contributed by atoms with Gasteiger partial charge in [0.1, 0.15) is 16.5 Å². The standard InChI is InChI=1S/C16H20N4OS/c1-9-18-15(20-7-3-4-10(8-20)14(17)21)13-11-5-2-6-12(11)22-16(13)19-9/h10H,2-8H2,1H3,(H2,17,21)/t10-/m1/s1. The van der Waals surface area contributed by atoms with Gasteiger partial charge in [-0.05, 0) is 44.6 Å². The summed E-state index contributed by atoms with van der Waals surface area (Å²) in [6.45, 7) is 3.58. The van der Waals surface area contributed by atoms with Crippen LogP contribution in [-0.2, 0) is 17.6 Å². The summed E-state index contributed by atoms with van der Waals surface area (Å²) in [4.78, 5) is 25.8. The fourth-order valence-electron chi connectivity index (χ4n) is 3.71. The van der Waals surface area contributed by atoms with Crippen molar-refractivity contribution in [3.63, 3.8) is 0 Å². The van der Waals surface area contributed by atoms with Crippen LogP contribution in [0.2, 0.25) is 0 Å². The van der Waals surface area contributed by atoms with Crippen LogP contribution >= 0.6 is 11.3 Å². The maximum absolute atomic E-state index is 11.6. The van der Waals surface area contributed by atoms with Gasteiger partial charge in [-0.25, -0.2) is 9.97 Å². The maximum Gasteiger partial charge on any atom is 0.222 e. The van der Waals surface area contributed by atoms with Crippen LogP contribution < -0.4 is 10.6 Å². The number of rotatable bonds is 2. The molecule has 0 saturated carbocycles. The monoisotopic (exact) mass is 316 g/mol. The van der Waals surface area contributed by atoms with E-state index in [9.17, 15) is 4.79 Å². The minimum absolute atomic E-state index is 0.0641. The van der Waals surface area contributed by atoms with Crippen molar-refractivity contribution in [2.24, 2.45) is 11.7 Å². The summed E-state index contributed by atoms with van der Waals surface area (Å²) in [5.41, 5.74) is 6.96. The molecule has 1 saturated heterocycles. The zero-order chi connectivity index (χ0) is 15.3. The third-order valence-electron chi connectivity index (χ3n) is 4.78. The Bertz CT molecular complexity index is 754. The first kappa shape index (κ1) is 13.9. The van der Waals surface area contributed by atoms with E-state index < -0.39 is 0 Å². The molecule has 22 heavy (non-hydrogen) atoms. The molecule has 2 N–H and O–H groups in total. The van der Waals surface area contributed by atoms with E-state index in [1.807, 2.05) is 18.3 Å². The molecule has 0 unspecified atom stereocenters. The second-order valence-electron chi connectivity index (χ2n) is 6.32. The van der Waals surface area contributed by atoms with Crippen molar-refractivity contribution in [3.8, 4) is 0 Å². The second kappa shape index (κ2) is 5.19. The zero-order valence-corrected chi connectivity index (χ0v) is 13.6. The number of piperidine rings is 1. The van der Waals surface area contributed by atoms with E-state index in [1.54, 1.807) is 0 Å². The highest BCUT2D eigenvalue weighted by Crippen LogP contribution is 2.41. The molecule has 3 heterocycles. The Balaban J connectivity index is 1.82. The number of primary amides is 1. The van der Waals surface area contributed by atoms with Gasteiger partial charge in [-0.3, -0.25) is 4.79 Å². The number of carbonyl (C=O) groups excluding carboxylic acids is 1. The molecule has 0 radical (unpaired) electrons. The third-order valence-corrected chi connectivity index (χ3v) is 5.97. The maximum atomic E-state index is 11.6. The number of hydrogen-bond acceptors (Lipinski definition) is 5.